The van der Waals surface area contributed by atoms with Crippen LogP contribution in [0.25, 0.3) is 12.2 Å². The van der Waals surface area contributed by atoms with Crippen molar-refractivity contribution in [2.45, 2.75) is 6.92 Å². The number of nitrogen functional groups attached to an aromatic ring is 1. The van der Waals surface area contributed by atoms with Crippen LogP contribution in [-0.4, -0.2) is 13.6 Å². The van der Waals surface area contributed by atoms with Crippen LogP contribution in [0.3, 0.4) is 0 Å². The van der Waals surface area contributed by atoms with Crippen LogP contribution in [-0.2, 0) is 0 Å². The zero-order chi connectivity index (χ0) is 14.5. The van der Waals surface area contributed by atoms with E-state index >= 15 is 0 Å². The molecule has 0 amide bonds. The van der Waals surface area contributed by atoms with Gasteiger partial charge in [0, 0.05) is 19.3 Å². The maximum absolute atomic E-state index is 13.3. The van der Waals surface area contributed by atoms with Crippen LogP contribution in [0.5, 0.6) is 0 Å². The largest absolute Gasteiger partial charge is 0.396 e. The van der Waals surface area contributed by atoms with Crippen molar-refractivity contribution in [2.24, 2.45) is 0 Å². The van der Waals surface area contributed by atoms with Gasteiger partial charge in [-0.1, -0.05) is 30.4 Å². The second kappa shape index (κ2) is 6.24. The first kappa shape index (κ1) is 14.1. The first-order valence-electron chi connectivity index (χ1n) is 6.64. The van der Waals surface area contributed by atoms with Gasteiger partial charge in [0.15, 0.2) is 0 Å². The lowest BCUT2D eigenvalue weighted by Gasteiger charge is -2.16. The molecule has 0 aliphatic carbocycles. The van der Waals surface area contributed by atoms with E-state index in [0.29, 0.717) is 0 Å². The number of hydrogen-bond donors (Lipinski definition) is 1. The van der Waals surface area contributed by atoms with Gasteiger partial charge in [-0.25, -0.2) is 4.39 Å². The molecule has 0 unspecified atom stereocenters. The van der Waals surface area contributed by atoms with E-state index in [1.54, 1.807) is 12.1 Å². The van der Waals surface area contributed by atoms with Crippen LogP contribution in [0.1, 0.15) is 18.1 Å². The number of anilines is 2. The lowest BCUT2D eigenvalue weighted by molar-refractivity contribution is 0.632. The molecule has 2 aromatic carbocycles. The summed E-state index contributed by atoms with van der Waals surface area (Å²) >= 11 is 0. The Morgan fingerprint density at radius 2 is 1.65 bits per heavy atom. The Morgan fingerprint density at radius 3 is 2.25 bits per heavy atom. The summed E-state index contributed by atoms with van der Waals surface area (Å²) in [7, 11) is 2.06. The van der Waals surface area contributed by atoms with Gasteiger partial charge in [-0.15, -0.1) is 0 Å². The Hall–Kier alpha value is -2.29. The molecule has 20 heavy (non-hydrogen) atoms. The number of hydrogen-bond acceptors (Lipinski definition) is 2. The minimum absolute atomic E-state index is 0.175. The van der Waals surface area contributed by atoms with Crippen molar-refractivity contribution in [1.29, 1.82) is 0 Å². The molecule has 0 spiro atoms. The normalized spacial score (nSPS) is 10.9. The first-order valence-corrected chi connectivity index (χ1v) is 6.64. The molecule has 0 aliphatic heterocycles. The molecule has 104 valence electrons. The Kier molecular flexibility index (Phi) is 4.41. The second-order valence-corrected chi connectivity index (χ2v) is 4.72. The summed E-state index contributed by atoms with van der Waals surface area (Å²) in [5, 5.41) is 0. The van der Waals surface area contributed by atoms with E-state index in [9.17, 15) is 4.39 Å². The number of nitrogens with two attached hydrogens (primary N) is 1. The zero-order valence-electron chi connectivity index (χ0n) is 11.8. The van der Waals surface area contributed by atoms with Crippen LogP contribution in [0, 0.1) is 5.82 Å². The van der Waals surface area contributed by atoms with Gasteiger partial charge in [0.1, 0.15) is 5.82 Å². The standard InChI is InChI=1S/C17H19FN2/c1-3-20(2)15-9-6-13(7-10-15)4-5-14-8-11-17(19)16(18)12-14/h4-12H,3,19H2,1-2H3/b5-4+. The predicted octanol–water partition coefficient (Wildman–Crippen LogP) is 4.03. The van der Waals surface area contributed by atoms with Crippen molar-refractivity contribution in [3.8, 4) is 0 Å². The molecule has 2 aromatic rings. The molecule has 3 heteroatoms. The molecular formula is C17H19FN2. The van der Waals surface area contributed by atoms with Crippen molar-refractivity contribution in [2.75, 3.05) is 24.2 Å². The first-order chi connectivity index (χ1) is 9.60. The van der Waals surface area contributed by atoms with Crippen molar-refractivity contribution >= 4 is 23.5 Å². The molecule has 0 saturated heterocycles. The highest BCUT2D eigenvalue weighted by molar-refractivity contribution is 5.71. The third-order valence-electron chi connectivity index (χ3n) is 3.30. The minimum atomic E-state index is -0.382. The fourth-order valence-corrected chi connectivity index (χ4v) is 1.86. The average Bonchev–Trinajstić information content (AvgIpc) is 2.48. The number of benzene rings is 2. The van der Waals surface area contributed by atoms with Crippen molar-refractivity contribution in [3.63, 3.8) is 0 Å². The molecule has 2 nitrogen and oxygen atoms in total. The van der Waals surface area contributed by atoms with Crippen molar-refractivity contribution in [1.82, 2.24) is 0 Å². The predicted molar refractivity (Wildman–Crippen MR) is 85.1 cm³/mol. The van der Waals surface area contributed by atoms with E-state index in [1.807, 2.05) is 24.3 Å². The zero-order valence-corrected chi connectivity index (χ0v) is 11.8. The minimum Gasteiger partial charge on any atom is -0.396 e. The van der Waals surface area contributed by atoms with Crippen molar-refractivity contribution < 1.29 is 4.39 Å². The molecule has 0 bridgehead atoms. The van der Waals surface area contributed by atoms with Gasteiger partial charge in [0.2, 0.25) is 0 Å². The molecule has 0 aliphatic rings. The Bertz CT molecular complexity index is 603. The van der Waals surface area contributed by atoms with Crippen LogP contribution in [0.4, 0.5) is 15.8 Å². The summed E-state index contributed by atoms with van der Waals surface area (Å²) in [5.41, 5.74) is 8.69. The SMILES string of the molecule is CCN(C)c1ccc(/C=C/c2ccc(N)c(F)c2)cc1. The Labute approximate surface area is 119 Å². The molecule has 0 atom stereocenters. The van der Waals surface area contributed by atoms with Gasteiger partial charge in [-0.05, 0) is 42.3 Å². The van der Waals surface area contributed by atoms with E-state index in [1.165, 1.54) is 11.8 Å². The number of rotatable bonds is 4. The van der Waals surface area contributed by atoms with Crippen molar-refractivity contribution in [3.05, 3.63) is 59.4 Å². The molecular weight excluding hydrogens is 251 g/mol. The summed E-state index contributed by atoms with van der Waals surface area (Å²) in [6.07, 6.45) is 3.84. The lowest BCUT2D eigenvalue weighted by Crippen LogP contribution is -2.15. The summed E-state index contributed by atoms with van der Waals surface area (Å²) in [6.45, 7) is 3.09. The fraction of sp³-hybridized carbons (Fsp3) is 0.176. The monoisotopic (exact) mass is 270 g/mol. The third kappa shape index (κ3) is 3.38. The lowest BCUT2D eigenvalue weighted by atomic mass is 10.1. The summed E-state index contributed by atoms with van der Waals surface area (Å²) in [4.78, 5) is 2.17. The van der Waals surface area contributed by atoms with Gasteiger partial charge < -0.3 is 10.6 Å². The summed E-state index contributed by atoms with van der Waals surface area (Å²) in [5.74, 6) is -0.382. The molecule has 0 fully saturated rings. The summed E-state index contributed by atoms with van der Waals surface area (Å²) < 4.78 is 13.3. The van der Waals surface area contributed by atoms with E-state index < -0.39 is 0 Å². The third-order valence-corrected chi connectivity index (χ3v) is 3.30. The molecule has 0 saturated carbocycles. The number of nitrogens with zero attached hydrogens (tertiary/aromatic N) is 1. The molecule has 0 radical (unpaired) electrons. The smallest absolute Gasteiger partial charge is 0.146 e. The van der Waals surface area contributed by atoms with Crippen LogP contribution < -0.4 is 10.6 Å². The van der Waals surface area contributed by atoms with E-state index in [4.69, 9.17) is 5.73 Å². The molecule has 0 heterocycles. The molecule has 2 N–H and O–H groups in total. The maximum atomic E-state index is 13.3. The van der Waals surface area contributed by atoms with Crippen LogP contribution >= 0.6 is 0 Å². The topological polar surface area (TPSA) is 29.3 Å². The number of halogens is 1. The van der Waals surface area contributed by atoms with Gasteiger partial charge >= 0.3 is 0 Å². The Balaban J connectivity index is 2.13. The van der Waals surface area contributed by atoms with Gasteiger partial charge in [0.05, 0.1) is 5.69 Å². The van der Waals surface area contributed by atoms with Gasteiger partial charge in [-0.2, -0.15) is 0 Å². The van der Waals surface area contributed by atoms with Gasteiger partial charge in [0.25, 0.3) is 0 Å². The second-order valence-electron chi connectivity index (χ2n) is 4.72. The molecule has 2 rings (SSSR count). The maximum Gasteiger partial charge on any atom is 0.146 e. The fourth-order valence-electron chi connectivity index (χ4n) is 1.86. The Morgan fingerprint density at radius 1 is 1.05 bits per heavy atom. The van der Waals surface area contributed by atoms with Crippen LogP contribution in [0.2, 0.25) is 0 Å². The van der Waals surface area contributed by atoms with E-state index in [0.717, 1.165) is 17.7 Å². The van der Waals surface area contributed by atoms with Gasteiger partial charge in [-0.3, -0.25) is 0 Å². The average molecular weight is 270 g/mol. The highest BCUT2D eigenvalue weighted by atomic mass is 19.1. The van der Waals surface area contributed by atoms with E-state index in [-0.39, 0.29) is 11.5 Å². The molecule has 0 aromatic heterocycles. The quantitative estimate of drug-likeness (QED) is 0.671. The van der Waals surface area contributed by atoms with E-state index in [2.05, 4.69) is 31.0 Å². The highest BCUT2D eigenvalue weighted by Crippen LogP contribution is 2.17. The summed E-state index contributed by atoms with van der Waals surface area (Å²) in [6, 6.07) is 13.1. The highest BCUT2D eigenvalue weighted by Gasteiger charge is 1.98. The van der Waals surface area contributed by atoms with Crippen LogP contribution in [0.15, 0.2) is 42.5 Å².